The molecule has 0 radical (unpaired) electrons. The Morgan fingerprint density at radius 3 is 2.79 bits per heavy atom. The highest BCUT2D eigenvalue weighted by Crippen LogP contribution is 2.30. The fourth-order valence-corrected chi connectivity index (χ4v) is 2.15. The number of hydrogen-bond acceptors (Lipinski definition) is 4. The predicted octanol–water partition coefficient (Wildman–Crippen LogP) is 3.05. The van der Waals surface area contributed by atoms with Gasteiger partial charge in [0, 0.05) is 10.0 Å². The van der Waals surface area contributed by atoms with E-state index >= 15 is 0 Å². The highest BCUT2D eigenvalue weighted by atomic mass is 79.9. The maximum absolute atomic E-state index is 13.0. The number of hydrogen-bond donors (Lipinski definition) is 1. The minimum absolute atomic E-state index is 0.00483. The van der Waals surface area contributed by atoms with Crippen molar-refractivity contribution in [2.45, 2.75) is 6.10 Å². The molecular weight excluding hydrogens is 319 g/mol. The van der Waals surface area contributed by atoms with E-state index in [1.54, 1.807) is 0 Å². The van der Waals surface area contributed by atoms with Crippen molar-refractivity contribution >= 4 is 21.9 Å². The maximum Gasteiger partial charge on any atom is 0.373 e. The van der Waals surface area contributed by atoms with Gasteiger partial charge in [0.15, 0.2) is 0 Å². The molecule has 0 aliphatic heterocycles. The van der Waals surface area contributed by atoms with E-state index in [-0.39, 0.29) is 11.5 Å². The molecule has 0 saturated carbocycles. The van der Waals surface area contributed by atoms with Gasteiger partial charge >= 0.3 is 5.97 Å². The van der Waals surface area contributed by atoms with Gasteiger partial charge in [-0.15, -0.1) is 0 Å². The lowest BCUT2D eigenvalue weighted by Gasteiger charge is -2.10. The van der Waals surface area contributed by atoms with Crippen LogP contribution >= 0.6 is 15.9 Å². The van der Waals surface area contributed by atoms with Crippen LogP contribution in [0.25, 0.3) is 0 Å². The van der Waals surface area contributed by atoms with Gasteiger partial charge in [0.05, 0.1) is 7.11 Å². The van der Waals surface area contributed by atoms with E-state index in [1.165, 1.54) is 37.4 Å². The van der Waals surface area contributed by atoms with Crippen LogP contribution in [-0.4, -0.2) is 18.2 Å². The summed E-state index contributed by atoms with van der Waals surface area (Å²) in [6, 6.07) is 6.77. The van der Waals surface area contributed by atoms with Crippen molar-refractivity contribution in [2.24, 2.45) is 0 Å². The zero-order valence-electron chi connectivity index (χ0n) is 9.89. The topological polar surface area (TPSA) is 59.7 Å². The molecule has 1 aromatic heterocycles. The summed E-state index contributed by atoms with van der Waals surface area (Å²) in [5.41, 5.74) is 0.437. The highest BCUT2D eigenvalue weighted by Gasteiger charge is 2.20. The highest BCUT2D eigenvalue weighted by molar-refractivity contribution is 9.10. The lowest BCUT2D eigenvalue weighted by molar-refractivity contribution is 0.0558. The number of methoxy groups -OCH3 is 1. The second-order valence-corrected chi connectivity index (χ2v) is 4.62. The standard InChI is InChI=1S/C13H10BrFO4/c1-18-13(17)11-5-4-10(19-11)12(16)8-3-2-7(15)6-9(8)14/h2-6,12,16H,1H3. The first-order chi connectivity index (χ1) is 9.02. The monoisotopic (exact) mass is 328 g/mol. The molecule has 0 aliphatic rings. The summed E-state index contributed by atoms with van der Waals surface area (Å²) in [5.74, 6) is -0.878. The Morgan fingerprint density at radius 1 is 1.42 bits per heavy atom. The van der Waals surface area contributed by atoms with Crippen LogP contribution in [0.2, 0.25) is 0 Å². The van der Waals surface area contributed by atoms with Crippen LogP contribution in [-0.2, 0) is 4.74 Å². The zero-order valence-corrected chi connectivity index (χ0v) is 11.5. The third kappa shape index (κ3) is 2.85. The molecule has 1 atom stereocenters. The summed E-state index contributed by atoms with van der Waals surface area (Å²) < 4.78 is 23.1. The predicted molar refractivity (Wildman–Crippen MR) is 68.2 cm³/mol. The van der Waals surface area contributed by atoms with Gasteiger partial charge in [0.1, 0.15) is 17.7 Å². The molecule has 2 rings (SSSR count). The number of ether oxygens (including phenoxy) is 1. The van der Waals surface area contributed by atoms with Crippen LogP contribution in [0.1, 0.15) is 28.0 Å². The average molecular weight is 329 g/mol. The van der Waals surface area contributed by atoms with Gasteiger partial charge in [-0.1, -0.05) is 22.0 Å². The number of rotatable bonds is 3. The van der Waals surface area contributed by atoms with Gasteiger partial charge in [-0.2, -0.15) is 0 Å². The van der Waals surface area contributed by atoms with Crippen molar-refractivity contribution in [3.05, 3.63) is 57.7 Å². The van der Waals surface area contributed by atoms with E-state index in [1.807, 2.05) is 0 Å². The molecule has 1 heterocycles. The Hall–Kier alpha value is -1.66. The van der Waals surface area contributed by atoms with E-state index in [9.17, 15) is 14.3 Å². The Bertz CT molecular complexity index is 608. The smallest absolute Gasteiger partial charge is 0.373 e. The molecular formula is C13H10BrFO4. The summed E-state index contributed by atoms with van der Waals surface area (Å²) in [4.78, 5) is 11.2. The Balaban J connectivity index is 2.31. The third-order valence-corrected chi connectivity index (χ3v) is 3.23. The van der Waals surface area contributed by atoms with Crippen molar-refractivity contribution in [1.82, 2.24) is 0 Å². The lowest BCUT2D eigenvalue weighted by Crippen LogP contribution is -2.01. The molecule has 6 heteroatoms. The molecule has 19 heavy (non-hydrogen) atoms. The summed E-state index contributed by atoms with van der Waals surface area (Å²) >= 11 is 3.16. The third-order valence-electron chi connectivity index (χ3n) is 2.54. The lowest BCUT2D eigenvalue weighted by atomic mass is 10.1. The number of furan rings is 1. The number of benzene rings is 1. The van der Waals surface area contributed by atoms with E-state index in [4.69, 9.17) is 4.42 Å². The van der Waals surface area contributed by atoms with E-state index in [0.29, 0.717) is 10.0 Å². The Labute approximate surface area is 116 Å². The first kappa shape index (κ1) is 13.8. The number of carbonyl (C=O) groups excluding carboxylic acids is 1. The quantitative estimate of drug-likeness (QED) is 0.880. The second kappa shape index (κ2) is 5.54. The van der Waals surface area contributed by atoms with Gasteiger partial charge in [0.2, 0.25) is 5.76 Å². The van der Waals surface area contributed by atoms with Crippen molar-refractivity contribution in [3.63, 3.8) is 0 Å². The molecule has 4 nitrogen and oxygen atoms in total. The first-order valence-corrected chi connectivity index (χ1v) is 6.13. The molecule has 0 bridgehead atoms. The van der Waals surface area contributed by atoms with Crippen LogP contribution in [0, 0.1) is 5.82 Å². The summed E-state index contributed by atoms with van der Waals surface area (Å²) in [6.07, 6.45) is -1.10. The van der Waals surface area contributed by atoms with Gasteiger partial charge in [-0.25, -0.2) is 9.18 Å². The SMILES string of the molecule is COC(=O)c1ccc(C(O)c2ccc(F)cc2Br)o1. The molecule has 1 unspecified atom stereocenters. The number of aliphatic hydroxyl groups excluding tert-OH is 1. The first-order valence-electron chi connectivity index (χ1n) is 5.34. The zero-order chi connectivity index (χ0) is 14.0. The molecule has 0 spiro atoms. The molecule has 100 valence electrons. The van der Waals surface area contributed by atoms with Gasteiger partial charge in [0.25, 0.3) is 0 Å². The number of halogens is 2. The molecule has 0 saturated heterocycles. The number of aliphatic hydroxyl groups is 1. The summed E-state index contributed by atoms with van der Waals surface area (Å²) in [7, 11) is 1.23. The number of esters is 1. The molecule has 1 aromatic carbocycles. The van der Waals surface area contributed by atoms with Crippen molar-refractivity contribution in [3.8, 4) is 0 Å². The van der Waals surface area contributed by atoms with Crippen molar-refractivity contribution in [2.75, 3.05) is 7.11 Å². The number of carbonyl (C=O) groups is 1. The van der Waals surface area contributed by atoms with Crippen molar-refractivity contribution in [1.29, 1.82) is 0 Å². The minimum Gasteiger partial charge on any atom is -0.463 e. The maximum atomic E-state index is 13.0. The van der Waals surface area contributed by atoms with E-state index in [2.05, 4.69) is 20.7 Å². The molecule has 0 fully saturated rings. The summed E-state index contributed by atoms with van der Waals surface area (Å²) in [5, 5.41) is 10.1. The van der Waals surface area contributed by atoms with Crippen molar-refractivity contribution < 1.29 is 23.4 Å². The summed E-state index contributed by atoms with van der Waals surface area (Å²) in [6.45, 7) is 0. The van der Waals surface area contributed by atoms with Crippen LogP contribution in [0.15, 0.2) is 39.2 Å². The van der Waals surface area contributed by atoms with Gasteiger partial charge < -0.3 is 14.3 Å². The molecule has 0 aliphatic carbocycles. The van der Waals surface area contributed by atoms with Crippen LogP contribution in [0.3, 0.4) is 0 Å². The van der Waals surface area contributed by atoms with Crippen LogP contribution < -0.4 is 0 Å². The Morgan fingerprint density at radius 2 is 2.16 bits per heavy atom. The normalized spacial score (nSPS) is 12.2. The average Bonchev–Trinajstić information content (AvgIpc) is 2.86. The largest absolute Gasteiger partial charge is 0.463 e. The fourth-order valence-electron chi connectivity index (χ4n) is 1.59. The van der Waals surface area contributed by atoms with Gasteiger partial charge in [-0.05, 0) is 24.3 Å². The van der Waals surface area contributed by atoms with Gasteiger partial charge in [-0.3, -0.25) is 0 Å². The minimum atomic E-state index is -1.10. The second-order valence-electron chi connectivity index (χ2n) is 3.76. The molecule has 0 amide bonds. The molecule has 2 aromatic rings. The van der Waals surface area contributed by atoms with Crippen LogP contribution in [0.4, 0.5) is 4.39 Å². The van der Waals surface area contributed by atoms with E-state index < -0.39 is 17.9 Å². The Kier molecular flexibility index (Phi) is 4.01. The van der Waals surface area contributed by atoms with Crippen LogP contribution in [0.5, 0.6) is 0 Å². The molecule has 1 N–H and O–H groups in total. The fraction of sp³-hybridized carbons (Fsp3) is 0.154. The van der Waals surface area contributed by atoms with E-state index in [0.717, 1.165) is 0 Å².